The quantitative estimate of drug-likeness (QED) is 0.759. The van der Waals surface area contributed by atoms with Gasteiger partial charge < -0.3 is 11.1 Å². The number of pyridine rings is 1. The van der Waals surface area contributed by atoms with E-state index in [4.69, 9.17) is 5.73 Å². The zero-order chi connectivity index (χ0) is 13.8. The highest BCUT2D eigenvalue weighted by Gasteiger charge is 2.01. The highest BCUT2D eigenvalue weighted by atomic mass is 14.9. The van der Waals surface area contributed by atoms with E-state index in [0.717, 1.165) is 28.7 Å². The zero-order valence-corrected chi connectivity index (χ0v) is 11.2. The molecule has 0 radical (unpaired) electrons. The summed E-state index contributed by atoms with van der Waals surface area (Å²) in [7, 11) is 0. The topological polar surface area (TPSA) is 50.9 Å². The lowest BCUT2D eigenvalue weighted by atomic mass is 10.1. The van der Waals surface area contributed by atoms with E-state index in [0.29, 0.717) is 6.54 Å². The molecule has 1 heterocycles. The average molecular weight is 263 g/mol. The lowest BCUT2D eigenvalue weighted by molar-refractivity contribution is 1.05. The fraction of sp³-hybridized carbons (Fsp3) is 0.118. The molecule has 0 fully saturated rings. The maximum Gasteiger partial charge on any atom is 0.0722 e. The normalized spacial score (nSPS) is 10.7. The van der Waals surface area contributed by atoms with Crippen molar-refractivity contribution in [1.82, 2.24) is 4.98 Å². The van der Waals surface area contributed by atoms with Gasteiger partial charge in [-0.05, 0) is 23.3 Å². The maximum absolute atomic E-state index is 5.67. The van der Waals surface area contributed by atoms with E-state index < -0.39 is 0 Å². The van der Waals surface area contributed by atoms with E-state index in [1.165, 1.54) is 5.56 Å². The molecular weight excluding hydrogens is 246 g/mol. The van der Waals surface area contributed by atoms with Crippen molar-refractivity contribution in [3.05, 3.63) is 71.9 Å². The van der Waals surface area contributed by atoms with Crippen LogP contribution < -0.4 is 11.1 Å². The van der Waals surface area contributed by atoms with Gasteiger partial charge in [-0.25, -0.2) is 0 Å². The lowest BCUT2D eigenvalue weighted by Gasteiger charge is -2.10. The Morgan fingerprint density at radius 1 is 0.950 bits per heavy atom. The molecule has 2 aromatic carbocycles. The number of fused-ring (bicyclic) bond motifs is 1. The van der Waals surface area contributed by atoms with Crippen LogP contribution in [0.25, 0.3) is 10.9 Å². The fourth-order valence-electron chi connectivity index (χ4n) is 2.31. The number of nitrogens with two attached hydrogens (primary N) is 1. The van der Waals surface area contributed by atoms with Crippen molar-refractivity contribution in [2.45, 2.75) is 13.1 Å². The number of hydrogen-bond acceptors (Lipinski definition) is 3. The van der Waals surface area contributed by atoms with Gasteiger partial charge in [-0.3, -0.25) is 4.98 Å². The summed E-state index contributed by atoms with van der Waals surface area (Å²) in [4.78, 5) is 4.37. The minimum absolute atomic E-state index is 0.575. The van der Waals surface area contributed by atoms with Gasteiger partial charge in [0.2, 0.25) is 0 Å². The molecule has 0 saturated heterocycles. The summed E-state index contributed by atoms with van der Waals surface area (Å²) >= 11 is 0. The van der Waals surface area contributed by atoms with Crippen LogP contribution in [0.1, 0.15) is 11.1 Å². The summed E-state index contributed by atoms with van der Waals surface area (Å²) in [6.45, 7) is 1.36. The first-order chi connectivity index (χ1) is 9.86. The fourth-order valence-corrected chi connectivity index (χ4v) is 2.31. The van der Waals surface area contributed by atoms with E-state index in [2.05, 4.69) is 28.5 Å². The van der Waals surface area contributed by atoms with Gasteiger partial charge in [-0.2, -0.15) is 0 Å². The van der Waals surface area contributed by atoms with Crippen LogP contribution in [0.15, 0.2) is 60.8 Å². The van der Waals surface area contributed by atoms with E-state index in [9.17, 15) is 0 Å². The number of nitrogens with zero attached hydrogens (tertiary/aromatic N) is 1. The molecule has 1 aromatic heterocycles. The largest absolute Gasteiger partial charge is 0.380 e. The Balaban J connectivity index is 1.83. The van der Waals surface area contributed by atoms with Crippen molar-refractivity contribution < 1.29 is 0 Å². The van der Waals surface area contributed by atoms with Crippen LogP contribution in [0.4, 0.5) is 5.69 Å². The van der Waals surface area contributed by atoms with Crippen LogP contribution in [0.2, 0.25) is 0 Å². The van der Waals surface area contributed by atoms with Crippen molar-refractivity contribution in [3.8, 4) is 0 Å². The predicted molar refractivity (Wildman–Crippen MR) is 83.4 cm³/mol. The van der Waals surface area contributed by atoms with Crippen LogP contribution in [0.3, 0.4) is 0 Å². The highest BCUT2D eigenvalue weighted by molar-refractivity contribution is 5.90. The van der Waals surface area contributed by atoms with Gasteiger partial charge in [-0.1, -0.05) is 42.5 Å². The van der Waals surface area contributed by atoms with Gasteiger partial charge >= 0.3 is 0 Å². The molecule has 0 unspecified atom stereocenters. The number of anilines is 1. The molecule has 100 valence electrons. The molecular formula is C17H17N3. The second kappa shape index (κ2) is 5.72. The van der Waals surface area contributed by atoms with Gasteiger partial charge in [-0.15, -0.1) is 0 Å². The summed E-state index contributed by atoms with van der Waals surface area (Å²) in [5, 5.41) is 4.62. The molecule has 0 aliphatic heterocycles. The third-order valence-corrected chi connectivity index (χ3v) is 3.36. The Hall–Kier alpha value is -2.39. The minimum Gasteiger partial charge on any atom is -0.380 e. The number of aromatic nitrogens is 1. The summed E-state index contributed by atoms with van der Waals surface area (Å²) in [6, 6.07) is 18.5. The standard InChI is InChI=1S/C17H17N3/c18-11-13-4-3-5-14(10-13)12-20-17-8-9-19-16-7-2-1-6-15(16)17/h1-10H,11-12,18H2,(H,19,20). The van der Waals surface area contributed by atoms with Gasteiger partial charge in [0, 0.05) is 30.4 Å². The van der Waals surface area contributed by atoms with E-state index in [1.807, 2.05) is 42.6 Å². The van der Waals surface area contributed by atoms with Crippen LogP contribution in [-0.2, 0) is 13.1 Å². The maximum atomic E-state index is 5.67. The lowest BCUT2D eigenvalue weighted by Crippen LogP contribution is -2.02. The van der Waals surface area contributed by atoms with Crippen molar-refractivity contribution in [1.29, 1.82) is 0 Å². The summed E-state index contributed by atoms with van der Waals surface area (Å²) < 4.78 is 0. The Morgan fingerprint density at radius 3 is 2.70 bits per heavy atom. The van der Waals surface area contributed by atoms with Gasteiger partial charge in [0.15, 0.2) is 0 Å². The number of para-hydroxylation sites is 1. The van der Waals surface area contributed by atoms with E-state index >= 15 is 0 Å². The highest BCUT2D eigenvalue weighted by Crippen LogP contribution is 2.21. The predicted octanol–water partition coefficient (Wildman–Crippen LogP) is 3.31. The van der Waals surface area contributed by atoms with Gasteiger partial charge in [0.05, 0.1) is 5.52 Å². The third kappa shape index (κ3) is 2.63. The Kier molecular flexibility index (Phi) is 3.61. The molecule has 3 nitrogen and oxygen atoms in total. The smallest absolute Gasteiger partial charge is 0.0722 e. The molecule has 3 heteroatoms. The molecule has 3 aromatic rings. The monoisotopic (exact) mass is 263 g/mol. The van der Waals surface area contributed by atoms with Crippen molar-refractivity contribution in [3.63, 3.8) is 0 Å². The van der Waals surface area contributed by atoms with Crippen LogP contribution >= 0.6 is 0 Å². The number of hydrogen-bond donors (Lipinski definition) is 2. The van der Waals surface area contributed by atoms with Crippen molar-refractivity contribution in [2.75, 3.05) is 5.32 Å². The van der Waals surface area contributed by atoms with Gasteiger partial charge in [0.25, 0.3) is 0 Å². The van der Waals surface area contributed by atoms with Gasteiger partial charge in [0.1, 0.15) is 0 Å². The molecule has 0 atom stereocenters. The minimum atomic E-state index is 0.575. The molecule has 0 amide bonds. The first kappa shape index (κ1) is 12.6. The van der Waals surface area contributed by atoms with E-state index in [1.54, 1.807) is 0 Å². The SMILES string of the molecule is NCc1cccc(CNc2ccnc3ccccc23)c1. The Labute approximate surface area is 118 Å². The first-order valence-corrected chi connectivity index (χ1v) is 6.72. The summed E-state index contributed by atoms with van der Waals surface area (Å²) in [5.74, 6) is 0. The third-order valence-electron chi connectivity index (χ3n) is 3.36. The Bertz CT molecular complexity index is 717. The molecule has 20 heavy (non-hydrogen) atoms. The van der Waals surface area contributed by atoms with Crippen LogP contribution in [-0.4, -0.2) is 4.98 Å². The Morgan fingerprint density at radius 2 is 1.80 bits per heavy atom. The van der Waals surface area contributed by atoms with Crippen molar-refractivity contribution in [2.24, 2.45) is 5.73 Å². The molecule has 3 rings (SSSR count). The zero-order valence-electron chi connectivity index (χ0n) is 11.2. The molecule has 0 aliphatic carbocycles. The molecule has 0 bridgehead atoms. The molecule has 3 N–H and O–H groups in total. The number of rotatable bonds is 4. The van der Waals surface area contributed by atoms with Crippen LogP contribution in [0, 0.1) is 0 Å². The summed E-state index contributed by atoms with van der Waals surface area (Å²) in [5.41, 5.74) is 10.2. The second-order valence-electron chi connectivity index (χ2n) is 4.75. The second-order valence-corrected chi connectivity index (χ2v) is 4.75. The molecule has 0 spiro atoms. The number of nitrogens with one attached hydrogen (secondary N) is 1. The van der Waals surface area contributed by atoms with Crippen LogP contribution in [0.5, 0.6) is 0 Å². The summed E-state index contributed by atoms with van der Waals surface area (Å²) in [6.07, 6.45) is 1.83. The molecule has 0 saturated carbocycles. The number of benzene rings is 2. The molecule has 0 aliphatic rings. The van der Waals surface area contributed by atoms with Crippen molar-refractivity contribution >= 4 is 16.6 Å². The van der Waals surface area contributed by atoms with E-state index in [-0.39, 0.29) is 0 Å². The average Bonchev–Trinajstić information content (AvgIpc) is 2.53. The first-order valence-electron chi connectivity index (χ1n) is 6.72.